The summed E-state index contributed by atoms with van der Waals surface area (Å²) in [4.78, 5) is 26.9. The molecule has 0 spiro atoms. The third kappa shape index (κ3) is 12.5. The zero-order chi connectivity index (χ0) is 43.1. The van der Waals surface area contributed by atoms with E-state index in [4.69, 9.17) is 32.4 Å². The molecule has 6 rings (SSSR count). The summed E-state index contributed by atoms with van der Waals surface area (Å²) in [5.41, 5.74) is 13.5. The molecule has 0 bridgehead atoms. The van der Waals surface area contributed by atoms with Gasteiger partial charge in [0.05, 0.1) is 4.90 Å². The van der Waals surface area contributed by atoms with Gasteiger partial charge in [-0.25, -0.2) is 37.0 Å². The predicted molar refractivity (Wildman–Crippen MR) is 207 cm³/mol. The highest BCUT2D eigenvalue weighted by molar-refractivity contribution is 7.89. The van der Waals surface area contributed by atoms with Gasteiger partial charge in [-0.1, -0.05) is 42.5 Å². The van der Waals surface area contributed by atoms with E-state index < -0.39 is 62.6 Å². The number of sulfonamides is 1. The van der Waals surface area contributed by atoms with E-state index in [1.807, 2.05) is 18.2 Å². The number of hydrogen-bond donors (Lipinski definition) is 8. The molecule has 1 heterocycles. The quantitative estimate of drug-likeness (QED) is 0.0175. The van der Waals surface area contributed by atoms with Crippen LogP contribution in [0.25, 0.3) is 0 Å². The number of amides is 1. The smallest absolute Gasteiger partial charge is 0.287 e. The average molecular weight is 835 g/mol. The molecule has 306 valence electrons. The number of nitrogens with zero attached hydrogens (tertiary/aromatic N) is 4. The second-order valence-corrected chi connectivity index (χ2v) is 13.0. The predicted octanol–water partition coefficient (Wildman–Crippen LogP) is 3.78. The number of anilines is 4. The molecule has 0 saturated heterocycles. The molecule has 1 aromatic heterocycles. The van der Waals surface area contributed by atoms with Crippen molar-refractivity contribution in [3.8, 4) is 11.9 Å². The number of nitrogen functional groups attached to an aromatic ring is 2. The Morgan fingerprint density at radius 1 is 0.797 bits per heavy atom. The van der Waals surface area contributed by atoms with E-state index in [0.29, 0.717) is 28.4 Å². The number of nitriles is 1. The Hall–Kier alpha value is -7.58. The summed E-state index contributed by atoms with van der Waals surface area (Å²) in [6, 6.07) is 28.1. The minimum absolute atomic E-state index is 0.00631. The summed E-state index contributed by atoms with van der Waals surface area (Å²) >= 11 is 0. The zero-order valence-corrected chi connectivity index (χ0v) is 31.1. The number of benzene rings is 5. The summed E-state index contributed by atoms with van der Waals surface area (Å²) in [6.07, 6.45) is 0.992. The van der Waals surface area contributed by atoms with Gasteiger partial charge in [-0.2, -0.15) is 14.9 Å². The lowest BCUT2D eigenvalue weighted by Gasteiger charge is -2.19. The molecule has 0 fully saturated rings. The van der Waals surface area contributed by atoms with E-state index in [1.54, 1.807) is 48.0 Å². The second kappa shape index (κ2) is 20.5. The maximum absolute atomic E-state index is 13.8. The molecular formula is C37H34F4N12O5S. The van der Waals surface area contributed by atoms with Crippen LogP contribution in [0.5, 0.6) is 5.75 Å². The summed E-state index contributed by atoms with van der Waals surface area (Å²) in [7, 11) is -3.73. The summed E-state index contributed by atoms with van der Waals surface area (Å²) in [5.74, 6) is -0.909. The molecule has 22 heteroatoms. The van der Waals surface area contributed by atoms with Gasteiger partial charge in [0.25, 0.3) is 18.2 Å². The highest BCUT2D eigenvalue weighted by Gasteiger charge is 2.23. The maximum Gasteiger partial charge on any atom is 0.287 e. The summed E-state index contributed by atoms with van der Waals surface area (Å²) < 4.78 is 81.6. The van der Waals surface area contributed by atoms with Crippen molar-refractivity contribution in [1.82, 2.24) is 25.5 Å². The number of ether oxygens (including phenoxy) is 1. The molecule has 0 radical (unpaired) electrons. The Kier molecular flexibility index (Phi) is 15.4. The molecule has 59 heavy (non-hydrogen) atoms. The van der Waals surface area contributed by atoms with E-state index in [2.05, 4.69) is 26.0 Å². The minimum atomic E-state index is -3.73. The first-order chi connectivity index (χ1) is 28.1. The third-order valence-electron chi connectivity index (χ3n) is 7.44. The molecule has 17 nitrogen and oxygen atoms in total. The molecule has 0 aliphatic heterocycles. The van der Waals surface area contributed by atoms with Crippen LogP contribution in [-0.2, 0) is 16.6 Å². The Morgan fingerprint density at radius 3 is 1.85 bits per heavy atom. The van der Waals surface area contributed by atoms with E-state index in [9.17, 15) is 35.6 Å². The fourth-order valence-electron chi connectivity index (χ4n) is 4.66. The number of nitrogens with one attached hydrogen (secondary N) is 4. The van der Waals surface area contributed by atoms with Crippen LogP contribution in [0.2, 0.25) is 0 Å². The molecule has 6 aromatic rings. The molecule has 1 unspecified atom stereocenters. The first-order valence-corrected chi connectivity index (χ1v) is 18.2. The summed E-state index contributed by atoms with van der Waals surface area (Å²) in [6.45, 7) is 0.406. The lowest BCUT2D eigenvalue weighted by Crippen LogP contribution is -2.38. The monoisotopic (exact) mass is 834 g/mol. The number of para-hydroxylation sites is 1. The summed E-state index contributed by atoms with van der Waals surface area (Å²) in [5, 5.41) is 25.9. The number of carbonyl (C=O) groups is 2. The highest BCUT2D eigenvalue weighted by Crippen LogP contribution is 2.19. The van der Waals surface area contributed by atoms with Crippen LogP contribution in [0.4, 0.5) is 40.8 Å². The number of hydrazine groups is 1. The topological polar surface area (TPSA) is 284 Å². The molecular weight excluding hydrogens is 801 g/mol. The van der Waals surface area contributed by atoms with Crippen molar-refractivity contribution in [2.45, 2.75) is 17.8 Å². The van der Waals surface area contributed by atoms with Crippen molar-refractivity contribution in [1.29, 1.82) is 5.26 Å². The van der Waals surface area contributed by atoms with Crippen molar-refractivity contribution in [2.75, 3.05) is 16.4 Å². The number of aromatic nitrogens is 3. The van der Waals surface area contributed by atoms with Crippen LogP contribution in [0.1, 0.15) is 26.3 Å². The van der Waals surface area contributed by atoms with Gasteiger partial charge in [-0.3, -0.25) is 20.3 Å². The van der Waals surface area contributed by atoms with Crippen molar-refractivity contribution < 1.29 is 40.3 Å². The Labute approximate surface area is 333 Å². The van der Waals surface area contributed by atoms with Crippen LogP contribution in [0, 0.1) is 34.7 Å². The number of nitrogens with two attached hydrogens (primary N) is 4. The Balaban J connectivity index is 0.000000207. The Bertz CT molecular complexity index is 2480. The average Bonchev–Trinajstić information content (AvgIpc) is 3.58. The lowest BCUT2D eigenvalue weighted by molar-refractivity contribution is 0.0933. The van der Waals surface area contributed by atoms with Crippen LogP contribution < -0.4 is 48.6 Å². The SMILES string of the molecule is N#CNC(Nc1ccc(S(N)(=O)=O)cc1)Oc1ccccc1.NCc1ccc(Nc2nc(N)n(C(=O)c3c(F)cccc3F)n2)cc1.NNC(=O)c1c(F)cccc1F. The zero-order valence-electron chi connectivity index (χ0n) is 30.3. The second-order valence-electron chi connectivity index (χ2n) is 11.5. The van der Waals surface area contributed by atoms with Crippen molar-refractivity contribution >= 4 is 45.1 Å². The van der Waals surface area contributed by atoms with Crippen LogP contribution in [0.15, 0.2) is 120 Å². The normalized spacial score (nSPS) is 10.9. The van der Waals surface area contributed by atoms with E-state index in [-0.39, 0.29) is 16.8 Å². The fraction of sp³-hybridized carbons (Fsp3) is 0.0541. The van der Waals surface area contributed by atoms with Crippen LogP contribution in [-0.4, -0.2) is 41.3 Å². The number of carbonyl (C=O) groups excluding carboxylic acids is 2. The van der Waals surface area contributed by atoms with E-state index in [1.165, 1.54) is 24.3 Å². The van der Waals surface area contributed by atoms with Crippen molar-refractivity contribution in [3.05, 3.63) is 155 Å². The fourth-order valence-corrected chi connectivity index (χ4v) is 5.17. The van der Waals surface area contributed by atoms with Gasteiger partial charge >= 0.3 is 0 Å². The molecule has 1 amide bonds. The molecule has 1 atom stereocenters. The largest absolute Gasteiger partial charge is 0.452 e. The van der Waals surface area contributed by atoms with Gasteiger partial charge in [-0.15, -0.1) is 5.10 Å². The van der Waals surface area contributed by atoms with E-state index >= 15 is 0 Å². The van der Waals surface area contributed by atoms with Gasteiger partial charge in [-0.05, 0) is 78.4 Å². The molecule has 12 N–H and O–H groups in total. The van der Waals surface area contributed by atoms with Crippen LogP contribution >= 0.6 is 0 Å². The molecule has 0 aliphatic rings. The number of rotatable bonds is 11. The van der Waals surface area contributed by atoms with Gasteiger partial charge in [0.2, 0.25) is 21.9 Å². The van der Waals surface area contributed by atoms with Crippen molar-refractivity contribution in [3.63, 3.8) is 0 Å². The molecule has 0 saturated carbocycles. The van der Waals surface area contributed by atoms with E-state index in [0.717, 1.165) is 42.0 Å². The maximum atomic E-state index is 13.8. The first kappa shape index (κ1) is 44.1. The molecule has 5 aromatic carbocycles. The minimum Gasteiger partial charge on any atom is -0.452 e. The molecule has 0 aliphatic carbocycles. The Morgan fingerprint density at radius 2 is 1.34 bits per heavy atom. The van der Waals surface area contributed by atoms with Gasteiger partial charge in [0.1, 0.15) is 40.1 Å². The number of primary sulfonamides is 1. The lowest BCUT2D eigenvalue weighted by atomic mass is 10.2. The first-order valence-electron chi connectivity index (χ1n) is 16.6. The van der Waals surface area contributed by atoms with Gasteiger partial charge in [0, 0.05) is 17.9 Å². The number of halogens is 4. The number of hydrogen-bond acceptors (Lipinski definition) is 14. The standard InChI is InChI=1S/C16H14F2N6O.C14H14N4O3S.C7H6F2N2O/c17-11-2-1-3-12(18)13(11)14(25)24-15(20)22-16(23-24)21-10-6-4-9(8-19)5-7-10;15-10-17-14(21-12-4-2-1-3-5-12)18-11-6-8-13(9-7-11)22(16,19)20;8-4-2-1-3-5(9)6(4)7(12)11-10/h1-7H,8,19H2,(H3,20,21,22,23);1-9,14,17-18H,(H2,16,19,20);1-3H,10H2,(H,11,12). The van der Waals surface area contributed by atoms with Gasteiger partial charge in [0.15, 0.2) is 6.19 Å². The van der Waals surface area contributed by atoms with Gasteiger partial charge < -0.3 is 26.8 Å². The van der Waals surface area contributed by atoms with Crippen molar-refractivity contribution in [2.24, 2.45) is 16.7 Å². The third-order valence-corrected chi connectivity index (χ3v) is 8.37. The van der Waals surface area contributed by atoms with Crippen LogP contribution in [0.3, 0.4) is 0 Å². The highest BCUT2D eigenvalue weighted by atomic mass is 32.2.